The number of nitrogens with zero attached hydrogens (tertiary/aromatic N) is 1. The van der Waals surface area contributed by atoms with Crippen molar-refractivity contribution < 1.29 is 9.53 Å². The lowest BCUT2D eigenvalue weighted by atomic mass is 10.0. The first-order chi connectivity index (χ1) is 11.7. The lowest BCUT2D eigenvalue weighted by Crippen LogP contribution is -2.34. The van der Waals surface area contributed by atoms with Gasteiger partial charge in [0.2, 0.25) is 0 Å². The van der Waals surface area contributed by atoms with Crippen molar-refractivity contribution in [2.75, 3.05) is 6.61 Å². The summed E-state index contributed by atoms with van der Waals surface area (Å²) in [6, 6.07) is 12.0. The molecule has 2 heterocycles. The molecule has 0 saturated carbocycles. The molecule has 0 saturated heterocycles. The van der Waals surface area contributed by atoms with Crippen LogP contribution in [0.15, 0.2) is 41.9 Å². The Morgan fingerprint density at radius 2 is 2.25 bits per heavy atom. The highest BCUT2D eigenvalue weighted by atomic mass is 32.1. The number of amides is 1. The summed E-state index contributed by atoms with van der Waals surface area (Å²) in [6.07, 6.45) is 1.78. The first-order valence-electron chi connectivity index (χ1n) is 8.08. The third kappa shape index (κ3) is 2.99. The second-order valence-electron chi connectivity index (χ2n) is 6.15. The highest BCUT2D eigenvalue weighted by molar-refractivity contribution is 7.16. The number of benzene rings is 2. The third-order valence-electron chi connectivity index (χ3n) is 4.27. The van der Waals surface area contributed by atoms with Crippen LogP contribution in [-0.4, -0.2) is 23.5 Å². The monoisotopic (exact) mass is 338 g/mol. The Balaban J connectivity index is 1.43. The fraction of sp³-hybridized carbons (Fsp3) is 0.263. The number of carbonyl (C=O) groups excluding carboxylic acids is 1. The van der Waals surface area contributed by atoms with E-state index >= 15 is 0 Å². The molecule has 2 aromatic carbocycles. The van der Waals surface area contributed by atoms with E-state index in [0.29, 0.717) is 5.56 Å². The first kappa shape index (κ1) is 15.1. The van der Waals surface area contributed by atoms with E-state index in [9.17, 15) is 4.79 Å². The average molecular weight is 338 g/mol. The Morgan fingerprint density at radius 3 is 3.17 bits per heavy atom. The minimum atomic E-state index is -0.0395. The molecule has 0 fully saturated rings. The maximum absolute atomic E-state index is 12.5. The maximum Gasteiger partial charge on any atom is 0.251 e. The Bertz CT molecular complexity index is 903. The van der Waals surface area contributed by atoms with Gasteiger partial charge in [0.05, 0.1) is 22.3 Å². The Labute approximate surface area is 144 Å². The molecule has 4 rings (SSSR count). The second-order valence-corrected chi connectivity index (χ2v) is 7.04. The SMILES string of the molecule is CC(Cc1ccc2c(c1)CCO2)NC(=O)c1ccc2ncsc2c1. The highest BCUT2D eigenvalue weighted by Crippen LogP contribution is 2.26. The van der Waals surface area contributed by atoms with Crippen LogP contribution < -0.4 is 10.1 Å². The van der Waals surface area contributed by atoms with E-state index in [0.717, 1.165) is 35.4 Å². The molecule has 0 bridgehead atoms. The van der Waals surface area contributed by atoms with Crippen LogP contribution in [-0.2, 0) is 12.8 Å². The van der Waals surface area contributed by atoms with Gasteiger partial charge in [-0.25, -0.2) is 4.98 Å². The van der Waals surface area contributed by atoms with Crippen molar-refractivity contribution in [3.8, 4) is 5.75 Å². The summed E-state index contributed by atoms with van der Waals surface area (Å²) >= 11 is 1.55. The number of thiazole rings is 1. The third-order valence-corrected chi connectivity index (χ3v) is 5.06. The quantitative estimate of drug-likeness (QED) is 0.791. The minimum absolute atomic E-state index is 0.0395. The molecule has 0 aliphatic carbocycles. The van der Waals surface area contributed by atoms with Gasteiger partial charge in [0.15, 0.2) is 0 Å². The lowest BCUT2D eigenvalue weighted by Gasteiger charge is -2.14. The largest absolute Gasteiger partial charge is 0.493 e. The zero-order valence-electron chi connectivity index (χ0n) is 13.4. The number of nitrogens with one attached hydrogen (secondary N) is 1. The molecule has 1 amide bonds. The molecule has 1 unspecified atom stereocenters. The normalized spacial score (nSPS) is 14.2. The molecule has 1 atom stereocenters. The molecule has 0 radical (unpaired) electrons. The summed E-state index contributed by atoms with van der Waals surface area (Å²) in [5, 5.41) is 3.08. The number of aromatic nitrogens is 1. The van der Waals surface area contributed by atoms with Crippen LogP contribution in [0.5, 0.6) is 5.75 Å². The van der Waals surface area contributed by atoms with Gasteiger partial charge in [-0.05, 0) is 48.7 Å². The van der Waals surface area contributed by atoms with Gasteiger partial charge in [0.1, 0.15) is 5.75 Å². The number of hydrogen-bond donors (Lipinski definition) is 1. The zero-order valence-corrected chi connectivity index (χ0v) is 14.2. The molecule has 1 aliphatic heterocycles. The Morgan fingerprint density at radius 1 is 1.33 bits per heavy atom. The topological polar surface area (TPSA) is 51.2 Å². The van der Waals surface area contributed by atoms with Crippen molar-refractivity contribution in [1.82, 2.24) is 10.3 Å². The highest BCUT2D eigenvalue weighted by Gasteiger charge is 2.15. The van der Waals surface area contributed by atoms with Gasteiger partial charge in [0.25, 0.3) is 5.91 Å². The van der Waals surface area contributed by atoms with Crippen LogP contribution in [0.3, 0.4) is 0 Å². The Hall–Kier alpha value is -2.40. The number of ether oxygens (including phenoxy) is 1. The predicted octanol–water partition coefficient (Wildman–Crippen LogP) is 3.59. The van der Waals surface area contributed by atoms with Gasteiger partial charge in [0, 0.05) is 18.0 Å². The molecular weight excluding hydrogens is 320 g/mol. The Kier molecular flexibility index (Phi) is 3.94. The van der Waals surface area contributed by atoms with Crippen molar-refractivity contribution >= 4 is 27.5 Å². The summed E-state index contributed by atoms with van der Waals surface area (Å²) < 4.78 is 6.57. The van der Waals surface area contributed by atoms with E-state index in [4.69, 9.17) is 4.74 Å². The van der Waals surface area contributed by atoms with E-state index in [1.54, 1.807) is 16.8 Å². The number of hydrogen-bond acceptors (Lipinski definition) is 4. The number of rotatable bonds is 4. The molecule has 4 nitrogen and oxygen atoms in total. The lowest BCUT2D eigenvalue weighted by molar-refractivity contribution is 0.0940. The van der Waals surface area contributed by atoms with Gasteiger partial charge < -0.3 is 10.1 Å². The minimum Gasteiger partial charge on any atom is -0.493 e. The van der Waals surface area contributed by atoms with Crippen LogP contribution in [0.25, 0.3) is 10.2 Å². The van der Waals surface area contributed by atoms with Crippen molar-refractivity contribution in [3.63, 3.8) is 0 Å². The van der Waals surface area contributed by atoms with E-state index in [1.807, 2.05) is 31.2 Å². The molecular formula is C19H18N2O2S. The van der Waals surface area contributed by atoms with Gasteiger partial charge in [-0.3, -0.25) is 4.79 Å². The summed E-state index contributed by atoms with van der Waals surface area (Å²) in [6.45, 7) is 2.80. The van der Waals surface area contributed by atoms with Crippen LogP contribution in [0.2, 0.25) is 0 Å². The van der Waals surface area contributed by atoms with Gasteiger partial charge >= 0.3 is 0 Å². The molecule has 5 heteroatoms. The maximum atomic E-state index is 12.5. The van der Waals surface area contributed by atoms with E-state index in [1.165, 1.54) is 11.1 Å². The van der Waals surface area contributed by atoms with Crippen molar-refractivity contribution in [2.45, 2.75) is 25.8 Å². The van der Waals surface area contributed by atoms with Crippen molar-refractivity contribution in [2.24, 2.45) is 0 Å². The van der Waals surface area contributed by atoms with Gasteiger partial charge in [-0.15, -0.1) is 11.3 Å². The number of carbonyl (C=O) groups is 1. The van der Waals surface area contributed by atoms with Crippen LogP contribution in [0.4, 0.5) is 0 Å². The smallest absolute Gasteiger partial charge is 0.251 e. The van der Waals surface area contributed by atoms with E-state index in [2.05, 4.69) is 22.4 Å². The van der Waals surface area contributed by atoms with Crippen molar-refractivity contribution in [3.05, 3.63) is 58.6 Å². The second kappa shape index (κ2) is 6.24. The van der Waals surface area contributed by atoms with Gasteiger partial charge in [-0.1, -0.05) is 12.1 Å². The van der Waals surface area contributed by atoms with Crippen molar-refractivity contribution in [1.29, 1.82) is 0 Å². The molecule has 1 N–H and O–H groups in total. The predicted molar refractivity (Wildman–Crippen MR) is 95.9 cm³/mol. The first-order valence-corrected chi connectivity index (χ1v) is 8.96. The van der Waals surface area contributed by atoms with Crippen LogP contribution in [0, 0.1) is 0 Å². The fourth-order valence-corrected chi connectivity index (χ4v) is 3.79. The summed E-state index contributed by atoms with van der Waals surface area (Å²) in [5.74, 6) is 0.954. The molecule has 0 spiro atoms. The van der Waals surface area contributed by atoms with E-state index < -0.39 is 0 Å². The number of fused-ring (bicyclic) bond motifs is 2. The molecule has 24 heavy (non-hydrogen) atoms. The average Bonchev–Trinajstić information content (AvgIpc) is 3.22. The standard InChI is InChI=1S/C19H18N2O2S/c1-12(8-13-2-5-17-14(9-13)6-7-23-17)21-19(22)15-3-4-16-18(10-15)24-11-20-16/h2-5,9-12H,6-8H2,1H3,(H,21,22). The zero-order chi connectivity index (χ0) is 16.5. The summed E-state index contributed by atoms with van der Waals surface area (Å²) in [5.41, 5.74) is 5.91. The van der Waals surface area contributed by atoms with Gasteiger partial charge in [-0.2, -0.15) is 0 Å². The summed E-state index contributed by atoms with van der Waals surface area (Å²) in [7, 11) is 0. The summed E-state index contributed by atoms with van der Waals surface area (Å²) in [4.78, 5) is 16.7. The fourth-order valence-electron chi connectivity index (χ4n) is 3.07. The van der Waals surface area contributed by atoms with Crippen LogP contribution >= 0.6 is 11.3 Å². The van der Waals surface area contributed by atoms with Crippen LogP contribution in [0.1, 0.15) is 28.4 Å². The molecule has 1 aliphatic rings. The molecule has 3 aromatic rings. The molecule has 1 aromatic heterocycles. The molecule has 122 valence electrons. The van der Waals surface area contributed by atoms with E-state index in [-0.39, 0.29) is 11.9 Å².